The molecule has 0 saturated heterocycles. The summed E-state index contributed by atoms with van der Waals surface area (Å²) in [6.45, 7) is 3.82. The highest BCUT2D eigenvalue weighted by molar-refractivity contribution is 8.03. The summed E-state index contributed by atoms with van der Waals surface area (Å²) in [5, 5.41) is 1.77. The molecule has 1 amide bonds. The van der Waals surface area contributed by atoms with Gasteiger partial charge in [0.2, 0.25) is 5.44 Å². The molecule has 1 aromatic rings. The number of ether oxygens (including phenoxy) is 1. The van der Waals surface area contributed by atoms with E-state index < -0.39 is 11.4 Å². The van der Waals surface area contributed by atoms with E-state index in [0.29, 0.717) is 5.56 Å². The first-order valence-electron chi connectivity index (χ1n) is 6.00. The zero-order valence-electron chi connectivity index (χ0n) is 10.8. The summed E-state index contributed by atoms with van der Waals surface area (Å²) < 4.78 is 5.25. The zero-order valence-corrected chi connectivity index (χ0v) is 11.6. The lowest BCUT2D eigenvalue weighted by molar-refractivity contribution is -0.135. The van der Waals surface area contributed by atoms with Gasteiger partial charge in [0.15, 0.2) is 0 Å². The maximum atomic E-state index is 12.1. The Morgan fingerprint density at radius 1 is 1.32 bits per heavy atom. The smallest absolute Gasteiger partial charge is 0.339 e. The van der Waals surface area contributed by atoms with Crippen molar-refractivity contribution < 1.29 is 14.3 Å². The highest BCUT2D eigenvalue weighted by Gasteiger charge is 2.31. The number of benzene rings is 1. The Balaban J connectivity index is 2.06. The van der Waals surface area contributed by atoms with Crippen molar-refractivity contribution in [3.63, 3.8) is 0 Å². The van der Waals surface area contributed by atoms with Gasteiger partial charge in [0.1, 0.15) is 0 Å². The van der Waals surface area contributed by atoms with Crippen LogP contribution in [-0.4, -0.2) is 28.3 Å². The Labute approximate surface area is 116 Å². The van der Waals surface area contributed by atoms with E-state index in [-0.39, 0.29) is 11.9 Å². The molecule has 1 unspecified atom stereocenters. The predicted octanol–water partition coefficient (Wildman–Crippen LogP) is 2.62. The highest BCUT2D eigenvalue weighted by atomic mass is 32.2. The first-order chi connectivity index (χ1) is 9.09. The molecule has 0 bridgehead atoms. The van der Waals surface area contributed by atoms with Crippen molar-refractivity contribution in [2.24, 2.45) is 0 Å². The molecule has 1 aliphatic rings. The van der Waals surface area contributed by atoms with Crippen molar-refractivity contribution in [2.45, 2.75) is 25.3 Å². The summed E-state index contributed by atoms with van der Waals surface area (Å²) in [5.74, 6) is -0.683. The van der Waals surface area contributed by atoms with Crippen LogP contribution in [0.1, 0.15) is 24.2 Å². The van der Waals surface area contributed by atoms with Crippen LogP contribution in [0.3, 0.4) is 0 Å². The number of hydrogen-bond acceptors (Lipinski definition) is 4. The van der Waals surface area contributed by atoms with Gasteiger partial charge < -0.3 is 9.64 Å². The normalized spacial score (nSPS) is 18.8. The molecule has 0 aliphatic carbocycles. The molecular weight excluding hydrogens is 262 g/mol. The van der Waals surface area contributed by atoms with E-state index in [4.69, 9.17) is 4.74 Å². The molecule has 0 spiro atoms. The van der Waals surface area contributed by atoms with Crippen molar-refractivity contribution in [1.29, 1.82) is 0 Å². The van der Waals surface area contributed by atoms with Crippen LogP contribution in [0.25, 0.3) is 0 Å². The van der Waals surface area contributed by atoms with E-state index in [1.165, 1.54) is 11.8 Å². The molecule has 1 aromatic carbocycles. The Kier molecular flexibility index (Phi) is 4.27. The van der Waals surface area contributed by atoms with Crippen molar-refractivity contribution in [2.75, 3.05) is 0 Å². The summed E-state index contributed by atoms with van der Waals surface area (Å²) in [6.07, 6.45) is 1.71. The van der Waals surface area contributed by atoms with Crippen molar-refractivity contribution >= 4 is 23.6 Å². The lowest BCUT2D eigenvalue weighted by Gasteiger charge is -2.29. The third-order valence-electron chi connectivity index (χ3n) is 2.66. The molecule has 2 rings (SSSR count). The van der Waals surface area contributed by atoms with E-state index in [1.54, 1.807) is 40.8 Å². The summed E-state index contributed by atoms with van der Waals surface area (Å²) >= 11 is 1.20. The van der Waals surface area contributed by atoms with Crippen molar-refractivity contribution in [1.82, 2.24) is 4.90 Å². The van der Waals surface area contributed by atoms with Gasteiger partial charge in [-0.25, -0.2) is 4.79 Å². The molecule has 1 heterocycles. The zero-order chi connectivity index (χ0) is 13.8. The monoisotopic (exact) mass is 277 g/mol. The maximum Gasteiger partial charge on any atom is 0.339 e. The van der Waals surface area contributed by atoms with Crippen molar-refractivity contribution in [3.8, 4) is 0 Å². The molecule has 100 valence electrons. The molecule has 0 N–H and O–H groups in total. The molecule has 1 aliphatic heterocycles. The number of thioether (sulfide) groups is 1. The van der Waals surface area contributed by atoms with Crippen LogP contribution in [0.5, 0.6) is 0 Å². The van der Waals surface area contributed by atoms with E-state index in [0.717, 1.165) is 0 Å². The predicted molar refractivity (Wildman–Crippen MR) is 74.4 cm³/mol. The van der Waals surface area contributed by atoms with Gasteiger partial charge in [0, 0.05) is 12.2 Å². The molecule has 0 fully saturated rings. The van der Waals surface area contributed by atoms with Crippen LogP contribution in [0.2, 0.25) is 0 Å². The lowest BCUT2D eigenvalue weighted by Crippen LogP contribution is -2.42. The second kappa shape index (κ2) is 5.93. The van der Waals surface area contributed by atoms with E-state index in [2.05, 4.69) is 0 Å². The molecule has 0 saturated carbocycles. The fourth-order valence-corrected chi connectivity index (χ4v) is 2.39. The first-order valence-corrected chi connectivity index (χ1v) is 6.94. The highest BCUT2D eigenvalue weighted by Crippen LogP contribution is 2.24. The average molecular weight is 277 g/mol. The molecule has 4 nitrogen and oxygen atoms in total. The standard InChI is InChI=1S/C14H15NO3S/c1-10(2)15-8-9-19-14(12(15)16)18-13(17)11-6-4-3-5-7-11/h3-10,14H,1-2H3. The van der Waals surface area contributed by atoms with Gasteiger partial charge in [0.25, 0.3) is 5.91 Å². The molecule has 0 radical (unpaired) electrons. The number of rotatable bonds is 3. The molecule has 5 heteroatoms. The Bertz CT molecular complexity index is 499. The number of nitrogens with zero attached hydrogens (tertiary/aromatic N) is 1. The number of carbonyl (C=O) groups excluding carboxylic acids is 2. The first kappa shape index (κ1) is 13.7. The molecule has 19 heavy (non-hydrogen) atoms. The van der Waals surface area contributed by atoms with Crippen molar-refractivity contribution in [3.05, 3.63) is 47.5 Å². The van der Waals surface area contributed by atoms with Crippen LogP contribution < -0.4 is 0 Å². The summed E-state index contributed by atoms with van der Waals surface area (Å²) in [7, 11) is 0. The average Bonchev–Trinajstić information content (AvgIpc) is 2.41. The van der Waals surface area contributed by atoms with E-state index in [9.17, 15) is 9.59 Å². The number of hydrogen-bond donors (Lipinski definition) is 0. The number of esters is 1. The molecule has 1 atom stereocenters. The van der Waals surface area contributed by atoms with Gasteiger partial charge in [0.05, 0.1) is 5.56 Å². The lowest BCUT2D eigenvalue weighted by atomic mass is 10.2. The van der Waals surface area contributed by atoms with Crippen LogP contribution >= 0.6 is 11.8 Å². The number of carbonyl (C=O) groups is 2. The number of amides is 1. The summed E-state index contributed by atoms with van der Waals surface area (Å²) in [4.78, 5) is 25.6. The third-order valence-corrected chi connectivity index (χ3v) is 3.48. The van der Waals surface area contributed by atoms with Crippen LogP contribution in [0, 0.1) is 0 Å². The SMILES string of the molecule is CC(C)N1C=CSC(OC(=O)c2ccccc2)C1=O. The largest absolute Gasteiger partial charge is 0.437 e. The van der Waals surface area contributed by atoms with E-state index >= 15 is 0 Å². The van der Waals surface area contributed by atoms with Gasteiger partial charge >= 0.3 is 5.97 Å². The topological polar surface area (TPSA) is 46.6 Å². The Morgan fingerprint density at radius 2 is 2.00 bits per heavy atom. The Hall–Kier alpha value is -1.75. The molecular formula is C14H15NO3S. The summed E-state index contributed by atoms with van der Waals surface area (Å²) in [5.41, 5.74) is -0.360. The maximum absolute atomic E-state index is 12.1. The quantitative estimate of drug-likeness (QED) is 0.797. The minimum Gasteiger partial charge on any atom is -0.437 e. The van der Waals surface area contributed by atoms with Gasteiger partial charge in [-0.3, -0.25) is 4.79 Å². The van der Waals surface area contributed by atoms with Gasteiger partial charge in [-0.15, -0.1) is 0 Å². The van der Waals surface area contributed by atoms with Gasteiger partial charge in [-0.05, 0) is 31.4 Å². The second-order valence-electron chi connectivity index (χ2n) is 4.36. The van der Waals surface area contributed by atoms with Crippen LogP contribution in [0.15, 0.2) is 41.9 Å². The minimum absolute atomic E-state index is 0.0441. The van der Waals surface area contributed by atoms with Crippen LogP contribution in [0.4, 0.5) is 0 Å². The minimum atomic E-state index is -0.805. The fraction of sp³-hybridized carbons (Fsp3) is 0.286. The third kappa shape index (κ3) is 3.17. The molecule has 0 aromatic heterocycles. The van der Waals surface area contributed by atoms with Gasteiger partial charge in [-0.2, -0.15) is 0 Å². The van der Waals surface area contributed by atoms with Crippen LogP contribution in [-0.2, 0) is 9.53 Å². The van der Waals surface area contributed by atoms with E-state index in [1.807, 2.05) is 19.9 Å². The summed E-state index contributed by atoms with van der Waals surface area (Å²) in [6, 6.07) is 8.70. The fourth-order valence-electron chi connectivity index (χ4n) is 1.67. The Morgan fingerprint density at radius 3 is 2.63 bits per heavy atom. The second-order valence-corrected chi connectivity index (χ2v) is 5.34. The van der Waals surface area contributed by atoms with Gasteiger partial charge in [-0.1, -0.05) is 30.0 Å².